The molecule has 1 atom stereocenters. The van der Waals surface area contributed by atoms with Crippen LogP contribution in [0.4, 0.5) is 19.0 Å². The molecule has 152 valence electrons. The summed E-state index contributed by atoms with van der Waals surface area (Å²) in [6.07, 6.45) is -0.154. The van der Waals surface area contributed by atoms with Gasteiger partial charge < -0.3 is 0 Å². The number of anilines is 1. The molecule has 2 aliphatic rings. The highest BCUT2D eigenvalue weighted by Gasteiger charge is 2.76. The Bertz CT molecular complexity index is 938. The lowest BCUT2D eigenvalue weighted by molar-refractivity contribution is -0.568. The highest BCUT2D eigenvalue weighted by Crippen LogP contribution is 2.35. The normalized spacial score (nSPS) is 22.8. The van der Waals surface area contributed by atoms with E-state index in [9.17, 15) is 18.0 Å². The first kappa shape index (κ1) is 19.4. The fraction of sp³-hybridized carbons (Fsp3) is 0.381. The van der Waals surface area contributed by atoms with Crippen molar-refractivity contribution >= 4 is 17.6 Å². The third kappa shape index (κ3) is 3.36. The number of hydrogen-bond donors (Lipinski definition) is 2. The van der Waals surface area contributed by atoms with Crippen LogP contribution in [0.1, 0.15) is 36.8 Å². The summed E-state index contributed by atoms with van der Waals surface area (Å²) in [6, 6.07) is 11.7. The van der Waals surface area contributed by atoms with Crippen LogP contribution >= 0.6 is 0 Å². The Morgan fingerprint density at radius 2 is 1.83 bits per heavy atom. The lowest BCUT2D eigenvalue weighted by Crippen LogP contribution is -2.94. The molecule has 2 heterocycles. The zero-order chi connectivity index (χ0) is 20.6. The van der Waals surface area contributed by atoms with Crippen molar-refractivity contribution in [1.82, 2.24) is 4.90 Å². The van der Waals surface area contributed by atoms with Gasteiger partial charge in [-0.2, -0.15) is 18.1 Å². The Balaban J connectivity index is 1.85. The summed E-state index contributed by atoms with van der Waals surface area (Å²) in [5, 5.41) is 2.43. The highest BCUT2D eigenvalue weighted by molar-refractivity contribution is 6.11. The second-order valence-corrected chi connectivity index (χ2v) is 7.61. The topological polar surface area (TPSA) is 60.5 Å². The van der Waals surface area contributed by atoms with Gasteiger partial charge in [0.2, 0.25) is 0 Å². The molecule has 0 bridgehead atoms. The summed E-state index contributed by atoms with van der Waals surface area (Å²) < 4.78 is 43.2. The molecule has 0 unspecified atom stereocenters. The molecule has 1 amide bonds. The fourth-order valence-corrected chi connectivity index (χ4v) is 4.09. The first-order valence-electron chi connectivity index (χ1n) is 9.69. The zero-order valence-electron chi connectivity index (χ0n) is 16.0. The number of pyridine rings is 1. The van der Waals surface area contributed by atoms with E-state index in [0.29, 0.717) is 18.4 Å². The lowest BCUT2D eigenvalue weighted by atomic mass is 10.1. The van der Waals surface area contributed by atoms with E-state index in [1.807, 2.05) is 0 Å². The van der Waals surface area contributed by atoms with Crippen molar-refractivity contribution in [3.8, 4) is 0 Å². The van der Waals surface area contributed by atoms with Crippen LogP contribution < -0.4 is 15.3 Å². The van der Waals surface area contributed by atoms with Gasteiger partial charge in [-0.25, -0.2) is 20.1 Å². The average Bonchev–Trinajstić information content (AvgIpc) is 3.29. The molecule has 29 heavy (non-hydrogen) atoms. The smallest absolute Gasteiger partial charge is 0.248 e. The quantitative estimate of drug-likeness (QED) is 0.816. The lowest BCUT2D eigenvalue weighted by Gasteiger charge is -2.23. The molecule has 4 rings (SSSR count). The van der Waals surface area contributed by atoms with Crippen LogP contribution in [0.3, 0.4) is 0 Å². The van der Waals surface area contributed by atoms with Crippen LogP contribution in [0.15, 0.2) is 48.7 Å². The number of nitrogens with zero attached hydrogens (tertiary/aromatic N) is 1. The third-order valence-corrected chi connectivity index (χ3v) is 5.53. The van der Waals surface area contributed by atoms with Crippen LogP contribution in [0, 0.1) is 6.92 Å². The standard InChI is InChI=1S/C21H21F3N4O/c1-14-11-12-25-17(13-14)26-20(21(22,23)24)19(29)28(16-9-5-6-10-16)18(27-20)15-7-3-2-4-8-15/h2-4,7-8,11-13,16H,5-6,9-10H2,1H3,(H,25,26)/p+2/t20-/m0/s1. The van der Waals surface area contributed by atoms with Gasteiger partial charge in [-0.3, -0.25) is 0 Å². The number of rotatable bonds is 4. The third-order valence-electron chi connectivity index (χ3n) is 5.53. The van der Waals surface area contributed by atoms with E-state index in [0.717, 1.165) is 18.4 Å². The van der Waals surface area contributed by atoms with Gasteiger partial charge in [-0.05, 0) is 56.4 Å². The van der Waals surface area contributed by atoms with Crippen molar-refractivity contribution in [2.75, 3.05) is 5.32 Å². The van der Waals surface area contributed by atoms with Gasteiger partial charge in [-0.15, -0.1) is 0 Å². The highest BCUT2D eigenvalue weighted by atomic mass is 19.4. The summed E-state index contributed by atoms with van der Waals surface area (Å²) in [6.45, 7) is 1.77. The minimum atomic E-state index is -4.87. The van der Waals surface area contributed by atoms with Crippen molar-refractivity contribution in [3.63, 3.8) is 0 Å². The number of carbonyl (C=O) groups is 1. The number of carbonyl (C=O) groups excluding carboxylic acids is 1. The molecule has 3 N–H and O–H groups in total. The number of nitrogens with one attached hydrogen (secondary N) is 3. The van der Waals surface area contributed by atoms with Crippen molar-refractivity contribution in [2.24, 2.45) is 0 Å². The van der Waals surface area contributed by atoms with Gasteiger partial charge in [0.1, 0.15) is 6.04 Å². The number of hydrogen-bond acceptors (Lipinski definition) is 2. The van der Waals surface area contributed by atoms with Crippen LogP contribution in [0.25, 0.3) is 0 Å². The first-order chi connectivity index (χ1) is 13.8. The van der Waals surface area contributed by atoms with Gasteiger partial charge in [0, 0.05) is 6.07 Å². The largest absolute Gasteiger partial charge is 0.488 e. The van der Waals surface area contributed by atoms with E-state index in [1.165, 1.54) is 11.1 Å². The predicted molar refractivity (Wildman–Crippen MR) is 101 cm³/mol. The number of aromatic amines is 1. The van der Waals surface area contributed by atoms with Gasteiger partial charge >= 0.3 is 17.7 Å². The van der Waals surface area contributed by atoms with Gasteiger partial charge in [-0.1, -0.05) is 18.2 Å². The Labute approximate surface area is 166 Å². The Kier molecular flexibility index (Phi) is 4.80. The zero-order valence-corrected chi connectivity index (χ0v) is 16.0. The van der Waals surface area contributed by atoms with E-state index in [4.69, 9.17) is 0 Å². The monoisotopic (exact) mass is 404 g/mol. The number of H-pyrrole nitrogens is 1. The fourth-order valence-electron chi connectivity index (χ4n) is 4.09. The number of alkyl halides is 3. The van der Waals surface area contributed by atoms with Gasteiger partial charge in [0.15, 0.2) is 0 Å². The Hall–Kier alpha value is -2.90. The minimum absolute atomic E-state index is 0.115. The van der Waals surface area contributed by atoms with Crippen molar-refractivity contribution in [1.29, 1.82) is 0 Å². The molecule has 5 nitrogen and oxygen atoms in total. The summed E-state index contributed by atoms with van der Waals surface area (Å²) in [5.41, 5.74) is -1.62. The first-order valence-corrected chi connectivity index (χ1v) is 9.69. The van der Waals surface area contributed by atoms with Crippen LogP contribution in [-0.2, 0) is 4.79 Å². The Morgan fingerprint density at radius 3 is 2.45 bits per heavy atom. The maximum Gasteiger partial charge on any atom is 0.488 e. The number of benzene rings is 1. The van der Waals surface area contributed by atoms with Crippen LogP contribution in [0.5, 0.6) is 0 Å². The molecule has 2 aromatic rings. The molecule has 8 heteroatoms. The molecule has 0 spiro atoms. The van der Waals surface area contributed by atoms with E-state index in [2.05, 4.69) is 15.3 Å². The Morgan fingerprint density at radius 1 is 1.14 bits per heavy atom. The SMILES string of the molecule is Cc1cc[nH+]c(N[C@]2(C(F)(F)F)[NH+]=C(c3ccccc3)N(C3CCCC3)C2=O)c1. The maximum absolute atomic E-state index is 14.4. The molecule has 1 aliphatic carbocycles. The van der Waals surface area contributed by atoms with Gasteiger partial charge in [0.05, 0.1) is 11.8 Å². The molecule has 1 saturated carbocycles. The molecular formula is C21H23F3N4O+2. The summed E-state index contributed by atoms with van der Waals surface area (Å²) in [5.74, 6) is -0.713. The van der Waals surface area contributed by atoms with Crippen LogP contribution in [-0.4, -0.2) is 34.5 Å². The molecule has 0 saturated heterocycles. The number of amidine groups is 1. The number of aromatic nitrogens is 1. The van der Waals surface area contributed by atoms with E-state index in [1.54, 1.807) is 49.4 Å². The van der Waals surface area contributed by atoms with Crippen molar-refractivity contribution < 1.29 is 27.9 Å². The summed E-state index contributed by atoms with van der Waals surface area (Å²) >= 11 is 0. The summed E-state index contributed by atoms with van der Waals surface area (Å²) in [4.78, 5) is 20.0. The average molecular weight is 404 g/mol. The molecule has 0 radical (unpaired) electrons. The van der Waals surface area contributed by atoms with E-state index >= 15 is 0 Å². The summed E-state index contributed by atoms with van der Waals surface area (Å²) in [7, 11) is 0. The predicted octanol–water partition coefficient (Wildman–Crippen LogP) is 1.79. The van der Waals surface area contributed by atoms with E-state index < -0.39 is 17.7 Å². The minimum Gasteiger partial charge on any atom is -0.248 e. The second kappa shape index (κ2) is 7.17. The van der Waals surface area contributed by atoms with Crippen molar-refractivity contribution in [3.05, 3.63) is 59.8 Å². The molecule has 1 aliphatic heterocycles. The van der Waals surface area contributed by atoms with Crippen LogP contribution in [0.2, 0.25) is 0 Å². The molecular weight excluding hydrogens is 381 g/mol. The number of aryl methyl sites for hydroxylation is 1. The van der Waals surface area contributed by atoms with Gasteiger partial charge in [0.25, 0.3) is 11.7 Å². The number of halogens is 3. The molecule has 1 aromatic carbocycles. The van der Waals surface area contributed by atoms with E-state index in [-0.39, 0.29) is 17.7 Å². The van der Waals surface area contributed by atoms with Crippen molar-refractivity contribution in [2.45, 2.75) is 50.5 Å². The maximum atomic E-state index is 14.4. The second-order valence-electron chi connectivity index (χ2n) is 7.61. The molecule has 1 fully saturated rings. The molecule has 1 aromatic heterocycles. The number of amides is 1.